The molecule has 2 aromatic rings. The largest absolute Gasteiger partial charge is 0.356 e. The van der Waals surface area contributed by atoms with Gasteiger partial charge in [-0.25, -0.2) is 9.97 Å². The molecule has 9 heteroatoms. The number of nitrogens with zero attached hydrogens (tertiary/aromatic N) is 4. The Hall–Kier alpha value is -2.81. The molecule has 0 radical (unpaired) electrons. The van der Waals surface area contributed by atoms with Crippen molar-refractivity contribution in [3.05, 3.63) is 30.3 Å². The molecular formula is C22H29N7OS. The van der Waals surface area contributed by atoms with Crippen molar-refractivity contribution in [2.24, 2.45) is 5.10 Å². The number of aromatic nitrogens is 2. The van der Waals surface area contributed by atoms with Gasteiger partial charge in [-0.1, -0.05) is 6.92 Å². The Bertz CT molecular complexity index is 941. The maximum atomic E-state index is 11.6. The number of piperidine rings is 1. The second-order valence-corrected chi connectivity index (χ2v) is 8.89. The zero-order chi connectivity index (χ0) is 21.6. The van der Waals surface area contributed by atoms with Crippen LogP contribution in [0.4, 0.5) is 17.3 Å². The molecule has 8 nitrogen and oxygen atoms in total. The highest BCUT2D eigenvalue weighted by molar-refractivity contribution is 7.99. The third-order valence-electron chi connectivity index (χ3n) is 5.27. The maximum absolute atomic E-state index is 11.6. The van der Waals surface area contributed by atoms with Crippen molar-refractivity contribution in [1.29, 1.82) is 0 Å². The Kier molecular flexibility index (Phi) is 6.91. The Morgan fingerprint density at radius 3 is 2.65 bits per heavy atom. The summed E-state index contributed by atoms with van der Waals surface area (Å²) in [7, 11) is 0. The molecule has 0 aliphatic carbocycles. The fraction of sp³-hybridized carbons (Fsp3) is 0.455. The van der Waals surface area contributed by atoms with Crippen LogP contribution in [-0.2, 0) is 4.79 Å². The van der Waals surface area contributed by atoms with Gasteiger partial charge in [0.1, 0.15) is 17.8 Å². The number of hydrogen-bond donors (Lipinski definition) is 3. The minimum atomic E-state index is 0.00780. The molecule has 1 fully saturated rings. The van der Waals surface area contributed by atoms with Gasteiger partial charge in [-0.3, -0.25) is 10.2 Å². The predicted octanol–water partition coefficient (Wildman–Crippen LogP) is 4.07. The summed E-state index contributed by atoms with van der Waals surface area (Å²) in [6.07, 6.45) is 5.01. The molecule has 0 spiro atoms. The third kappa shape index (κ3) is 5.88. The summed E-state index contributed by atoms with van der Waals surface area (Å²) in [6.45, 7) is 5.90. The average Bonchev–Trinajstić information content (AvgIpc) is 3.20. The van der Waals surface area contributed by atoms with E-state index in [1.165, 1.54) is 31.0 Å². The van der Waals surface area contributed by atoms with Crippen molar-refractivity contribution in [2.75, 3.05) is 28.6 Å². The van der Waals surface area contributed by atoms with Crippen molar-refractivity contribution in [1.82, 2.24) is 15.4 Å². The van der Waals surface area contributed by atoms with Gasteiger partial charge < -0.3 is 15.5 Å². The summed E-state index contributed by atoms with van der Waals surface area (Å²) in [4.78, 5) is 24.5. The lowest BCUT2D eigenvalue weighted by Crippen LogP contribution is -2.32. The first-order valence-corrected chi connectivity index (χ1v) is 11.7. The highest BCUT2D eigenvalue weighted by atomic mass is 32.2. The second-order valence-electron chi connectivity index (χ2n) is 7.85. The summed E-state index contributed by atoms with van der Waals surface area (Å²) in [5, 5.41) is 11.3. The Morgan fingerprint density at radius 2 is 1.97 bits per heavy atom. The molecule has 31 heavy (non-hydrogen) atoms. The van der Waals surface area contributed by atoms with Crippen LogP contribution in [0.2, 0.25) is 0 Å². The average molecular weight is 440 g/mol. The van der Waals surface area contributed by atoms with Gasteiger partial charge >= 0.3 is 0 Å². The number of anilines is 3. The standard InChI is InChI=1S/C22H29N7OS/c1-3-21(30)23-16-7-9-17(10-8-16)31-22-25-18(24-19-13-15(2)27-28-19)14-20(26-22)29-11-5-4-6-12-29/h7-10,14,19,28H,3-6,11-13H2,1-2H3,(H,23,30)(H,24,25,26). The minimum absolute atomic E-state index is 0.00780. The molecule has 2 aliphatic heterocycles. The van der Waals surface area contributed by atoms with Crippen LogP contribution >= 0.6 is 11.8 Å². The van der Waals surface area contributed by atoms with E-state index in [1.807, 2.05) is 44.2 Å². The fourth-order valence-corrected chi connectivity index (χ4v) is 4.38. The van der Waals surface area contributed by atoms with E-state index in [2.05, 4.69) is 26.1 Å². The molecule has 0 bridgehead atoms. The van der Waals surface area contributed by atoms with E-state index >= 15 is 0 Å². The molecule has 1 saturated heterocycles. The van der Waals surface area contributed by atoms with Gasteiger partial charge in [0.2, 0.25) is 5.91 Å². The quantitative estimate of drug-likeness (QED) is 0.560. The molecular weight excluding hydrogens is 410 g/mol. The fourth-order valence-electron chi connectivity index (χ4n) is 3.62. The van der Waals surface area contributed by atoms with Gasteiger partial charge in [0.05, 0.1) is 0 Å². The van der Waals surface area contributed by atoms with Crippen LogP contribution in [-0.4, -0.2) is 40.8 Å². The van der Waals surface area contributed by atoms with E-state index in [9.17, 15) is 4.79 Å². The lowest BCUT2D eigenvalue weighted by atomic mass is 10.1. The Labute approximate surface area is 187 Å². The molecule has 1 atom stereocenters. The van der Waals surface area contributed by atoms with E-state index in [1.54, 1.807) is 0 Å². The molecule has 1 amide bonds. The van der Waals surface area contributed by atoms with E-state index in [0.717, 1.165) is 47.4 Å². The molecule has 1 aromatic heterocycles. The lowest BCUT2D eigenvalue weighted by molar-refractivity contribution is -0.115. The molecule has 4 rings (SSSR count). The van der Waals surface area contributed by atoms with Crippen LogP contribution in [0.3, 0.4) is 0 Å². The number of carbonyl (C=O) groups excluding carboxylic acids is 1. The Balaban J connectivity index is 1.52. The summed E-state index contributed by atoms with van der Waals surface area (Å²) in [6, 6.07) is 9.82. The molecule has 164 valence electrons. The lowest BCUT2D eigenvalue weighted by Gasteiger charge is -2.28. The molecule has 1 aromatic carbocycles. The SMILES string of the molecule is CCC(=O)Nc1ccc(Sc2nc(NC3CC(C)=NN3)cc(N3CCCCC3)n2)cc1. The number of hydrazone groups is 1. The molecule has 1 unspecified atom stereocenters. The molecule has 3 heterocycles. The monoisotopic (exact) mass is 439 g/mol. The summed E-state index contributed by atoms with van der Waals surface area (Å²) in [5.74, 6) is 1.77. The molecule has 0 saturated carbocycles. The summed E-state index contributed by atoms with van der Waals surface area (Å²) >= 11 is 1.52. The van der Waals surface area contributed by atoms with E-state index < -0.39 is 0 Å². The van der Waals surface area contributed by atoms with Crippen LogP contribution in [0.1, 0.15) is 46.0 Å². The topological polar surface area (TPSA) is 94.5 Å². The number of amides is 1. The Morgan fingerprint density at radius 1 is 1.19 bits per heavy atom. The first-order chi connectivity index (χ1) is 15.1. The van der Waals surface area contributed by atoms with Crippen molar-refractivity contribution in [3.8, 4) is 0 Å². The van der Waals surface area contributed by atoms with Gasteiger partial charge in [0.25, 0.3) is 0 Å². The number of rotatable bonds is 7. The summed E-state index contributed by atoms with van der Waals surface area (Å²) in [5.41, 5.74) is 4.98. The van der Waals surface area contributed by atoms with Crippen molar-refractivity contribution >= 4 is 40.7 Å². The van der Waals surface area contributed by atoms with Crippen molar-refractivity contribution in [3.63, 3.8) is 0 Å². The smallest absolute Gasteiger partial charge is 0.224 e. The highest BCUT2D eigenvalue weighted by Gasteiger charge is 2.19. The van der Waals surface area contributed by atoms with E-state index in [0.29, 0.717) is 11.6 Å². The van der Waals surface area contributed by atoms with Gasteiger partial charge in [-0.2, -0.15) is 5.10 Å². The molecule has 3 N–H and O–H groups in total. The zero-order valence-corrected chi connectivity index (χ0v) is 18.8. The van der Waals surface area contributed by atoms with Crippen LogP contribution in [0.5, 0.6) is 0 Å². The van der Waals surface area contributed by atoms with Gasteiger partial charge in [-0.05, 0) is 62.2 Å². The van der Waals surface area contributed by atoms with Crippen LogP contribution in [0.15, 0.2) is 45.5 Å². The van der Waals surface area contributed by atoms with Crippen molar-refractivity contribution in [2.45, 2.75) is 62.2 Å². The maximum Gasteiger partial charge on any atom is 0.224 e. The van der Waals surface area contributed by atoms with Crippen LogP contribution in [0.25, 0.3) is 0 Å². The normalized spacial score (nSPS) is 18.3. The van der Waals surface area contributed by atoms with Crippen LogP contribution in [0, 0.1) is 0 Å². The molecule has 2 aliphatic rings. The van der Waals surface area contributed by atoms with Gasteiger partial charge in [0.15, 0.2) is 5.16 Å². The van der Waals surface area contributed by atoms with Crippen molar-refractivity contribution < 1.29 is 4.79 Å². The first-order valence-electron chi connectivity index (χ1n) is 10.9. The number of benzene rings is 1. The zero-order valence-electron chi connectivity index (χ0n) is 18.0. The minimum Gasteiger partial charge on any atom is -0.356 e. The first kappa shape index (κ1) is 21.4. The predicted molar refractivity (Wildman–Crippen MR) is 126 cm³/mol. The third-order valence-corrected chi connectivity index (χ3v) is 6.15. The van der Waals surface area contributed by atoms with E-state index in [-0.39, 0.29) is 12.1 Å². The second kappa shape index (κ2) is 10.00. The highest BCUT2D eigenvalue weighted by Crippen LogP contribution is 2.30. The number of hydrogen-bond acceptors (Lipinski definition) is 8. The van der Waals surface area contributed by atoms with Gasteiger partial charge in [0, 0.05) is 48.3 Å². The summed E-state index contributed by atoms with van der Waals surface area (Å²) < 4.78 is 0. The van der Waals surface area contributed by atoms with Crippen LogP contribution < -0.4 is 21.0 Å². The van der Waals surface area contributed by atoms with Gasteiger partial charge in [-0.15, -0.1) is 0 Å². The number of nitrogens with one attached hydrogen (secondary N) is 3. The van der Waals surface area contributed by atoms with E-state index in [4.69, 9.17) is 9.97 Å². The number of carbonyl (C=O) groups is 1.